The molecule has 4 aromatic rings. The molecule has 2 heterocycles. The van der Waals surface area contributed by atoms with Crippen molar-refractivity contribution in [2.45, 2.75) is 31.3 Å². The van der Waals surface area contributed by atoms with Gasteiger partial charge in [0, 0.05) is 31.6 Å². The van der Waals surface area contributed by atoms with E-state index in [0.29, 0.717) is 49.3 Å². The number of sulfonamides is 1. The number of esters is 1. The second-order valence-electron chi connectivity index (χ2n) is 10.1. The first-order valence-corrected chi connectivity index (χ1v) is 14.5. The number of hydrogen-bond acceptors (Lipinski definition) is 8. The van der Waals surface area contributed by atoms with E-state index in [2.05, 4.69) is 10.2 Å². The lowest BCUT2D eigenvalue weighted by atomic mass is 10.0. The maximum Gasteiger partial charge on any atom is 0.328 e. The van der Waals surface area contributed by atoms with Gasteiger partial charge in [-0.1, -0.05) is 56.3 Å². The number of methoxy groups -OCH3 is 1. The third-order valence-electron chi connectivity index (χ3n) is 7.12. The Morgan fingerprint density at radius 3 is 2.36 bits per heavy atom. The fourth-order valence-corrected chi connectivity index (χ4v) is 6.34. The zero-order chi connectivity index (χ0) is 27.6. The predicted octanol–water partition coefficient (Wildman–Crippen LogP) is 3.90. The van der Waals surface area contributed by atoms with Gasteiger partial charge < -0.3 is 10.1 Å². The minimum Gasteiger partial charge on any atom is -0.467 e. The van der Waals surface area contributed by atoms with Crippen LogP contribution in [0, 0.1) is 5.92 Å². The van der Waals surface area contributed by atoms with Crippen molar-refractivity contribution in [1.82, 2.24) is 19.2 Å². The van der Waals surface area contributed by atoms with Crippen molar-refractivity contribution in [3.05, 3.63) is 72.6 Å². The molecule has 0 aliphatic carbocycles. The standard InChI is InChI=1S/C29H33N5O4S/c1-20(2)27(29(35)38-3)32-28-24-10-6-7-11-25(24)30-26(31-28)19-33-14-16-34(17-15-33)39(36,37)23-13-12-21-8-4-5-9-22(21)18-23/h4-13,18,20,27H,14-17,19H2,1-3H3,(H,30,31,32)/t27-/m0/s1. The molecule has 0 radical (unpaired) electrons. The Balaban J connectivity index is 1.31. The number of anilines is 1. The number of nitrogens with one attached hydrogen (secondary N) is 1. The molecule has 10 heteroatoms. The van der Waals surface area contributed by atoms with Gasteiger partial charge in [-0.05, 0) is 41.0 Å². The molecule has 1 atom stereocenters. The number of ether oxygens (including phenoxy) is 1. The van der Waals surface area contributed by atoms with Gasteiger partial charge in [-0.3, -0.25) is 4.90 Å². The molecule has 0 amide bonds. The summed E-state index contributed by atoms with van der Waals surface area (Å²) in [5.41, 5.74) is 0.773. The van der Waals surface area contributed by atoms with Crippen LogP contribution in [0.2, 0.25) is 0 Å². The first-order chi connectivity index (χ1) is 18.8. The maximum atomic E-state index is 13.4. The first-order valence-electron chi connectivity index (χ1n) is 13.1. The van der Waals surface area contributed by atoms with Crippen LogP contribution in [0.25, 0.3) is 21.7 Å². The lowest BCUT2D eigenvalue weighted by molar-refractivity contribution is -0.142. The van der Waals surface area contributed by atoms with Crippen LogP contribution in [0.4, 0.5) is 5.82 Å². The molecule has 1 aromatic heterocycles. The summed E-state index contributed by atoms with van der Waals surface area (Å²) in [5, 5.41) is 6.01. The first kappa shape index (κ1) is 27.0. The minimum atomic E-state index is -3.60. The molecule has 9 nitrogen and oxygen atoms in total. The SMILES string of the molecule is COC(=O)[C@@H](Nc1nc(CN2CCN(S(=O)(=O)c3ccc4ccccc4c3)CC2)nc2ccccc12)C(C)C. The Bertz CT molecular complexity index is 1600. The van der Waals surface area contributed by atoms with Crippen LogP contribution in [0.3, 0.4) is 0 Å². The molecule has 1 aliphatic heterocycles. The molecule has 0 spiro atoms. The van der Waals surface area contributed by atoms with E-state index in [9.17, 15) is 13.2 Å². The lowest BCUT2D eigenvalue weighted by Crippen LogP contribution is -2.48. The van der Waals surface area contributed by atoms with E-state index in [-0.39, 0.29) is 11.9 Å². The topological polar surface area (TPSA) is 105 Å². The molecule has 1 saturated heterocycles. The molecular formula is C29H33N5O4S. The van der Waals surface area contributed by atoms with Crippen molar-refractivity contribution < 1.29 is 17.9 Å². The Morgan fingerprint density at radius 1 is 0.949 bits per heavy atom. The zero-order valence-electron chi connectivity index (χ0n) is 22.4. The normalized spacial score (nSPS) is 16.0. The van der Waals surface area contributed by atoms with E-state index >= 15 is 0 Å². The second-order valence-corrected chi connectivity index (χ2v) is 12.0. The summed E-state index contributed by atoms with van der Waals surface area (Å²) in [6.45, 7) is 6.24. The number of carbonyl (C=O) groups is 1. The molecule has 204 valence electrons. The van der Waals surface area contributed by atoms with Gasteiger partial charge in [0.1, 0.15) is 17.7 Å². The number of piperazine rings is 1. The zero-order valence-corrected chi connectivity index (χ0v) is 23.2. The van der Waals surface area contributed by atoms with Gasteiger partial charge in [-0.25, -0.2) is 23.2 Å². The molecule has 1 N–H and O–H groups in total. The number of rotatable bonds is 8. The molecule has 0 unspecified atom stereocenters. The molecule has 1 fully saturated rings. The second kappa shape index (κ2) is 11.3. The van der Waals surface area contributed by atoms with Gasteiger partial charge in [0.15, 0.2) is 0 Å². The van der Waals surface area contributed by atoms with E-state index in [1.165, 1.54) is 7.11 Å². The lowest BCUT2D eigenvalue weighted by Gasteiger charge is -2.33. The highest BCUT2D eigenvalue weighted by Gasteiger charge is 2.29. The van der Waals surface area contributed by atoms with Crippen molar-refractivity contribution in [2.75, 3.05) is 38.6 Å². The number of benzene rings is 3. The van der Waals surface area contributed by atoms with E-state index in [0.717, 1.165) is 21.7 Å². The van der Waals surface area contributed by atoms with Crippen molar-refractivity contribution >= 4 is 43.5 Å². The number of fused-ring (bicyclic) bond motifs is 2. The van der Waals surface area contributed by atoms with Crippen molar-refractivity contribution in [3.8, 4) is 0 Å². The highest BCUT2D eigenvalue weighted by Crippen LogP contribution is 2.25. The van der Waals surface area contributed by atoms with Crippen LogP contribution in [0.5, 0.6) is 0 Å². The van der Waals surface area contributed by atoms with Crippen LogP contribution in [-0.2, 0) is 26.1 Å². The van der Waals surface area contributed by atoms with Crippen molar-refractivity contribution in [3.63, 3.8) is 0 Å². The average molecular weight is 548 g/mol. The van der Waals surface area contributed by atoms with Crippen molar-refractivity contribution in [2.24, 2.45) is 5.92 Å². The summed E-state index contributed by atoms with van der Waals surface area (Å²) >= 11 is 0. The van der Waals surface area contributed by atoms with Crippen LogP contribution in [0.15, 0.2) is 71.6 Å². The summed E-state index contributed by atoms with van der Waals surface area (Å²) < 4.78 is 33.3. The van der Waals surface area contributed by atoms with Gasteiger partial charge in [0.05, 0.1) is 24.1 Å². The monoisotopic (exact) mass is 547 g/mol. The fourth-order valence-electron chi connectivity index (χ4n) is 4.88. The van der Waals surface area contributed by atoms with Gasteiger partial charge in [-0.2, -0.15) is 4.31 Å². The molecule has 5 rings (SSSR count). The van der Waals surface area contributed by atoms with Gasteiger partial charge >= 0.3 is 5.97 Å². The smallest absolute Gasteiger partial charge is 0.328 e. The molecule has 1 aliphatic rings. The van der Waals surface area contributed by atoms with Crippen LogP contribution < -0.4 is 5.32 Å². The maximum absolute atomic E-state index is 13.4. The summed E-state index contributed by atoms with van der Waals surface area (Å²) in [7, 11) is -2.22. The predicted molar refractivity (Wildman–Crippen MR) is 152 cm³/mol. The van der Waals surface area contributed by atoms with Crippen molar-refractivity contribution in [1.29, 1.82) is 0 Å². The third-order valence-corrected chi connectivity index (χ3v) is 9.01. The fraction of sp³-hybridized carbons (Fsp3) is 0.345. The van der Waals surface area contributed by atoms with Crippen LogP contribution in [0.1, 0.15) is 19.7 Å². The number of carbonyl (C=O) groups excluding carboxylic acids is 1. The molecule has 39 heavy (non-hydrogen) atoms. The summed E-state index contributed by atoms with van der Waals surface area (Å²) in [5.74, 6) is 0.830. The molecule has 0 saturated carbocycles. The minimum absolute atomic E-state index is 0.00717. The quantitative estimate of drug-likeness (QED) is 0.331. The summed E-state index contributed by atoms with van der Waals surface area (Å²) in [6.07, 6.45) is 0. The Labute approximate surface area is 228 Å². The van der Waals surface area contributed by atoms with E-state index < -0.39 is 16.1 Å². The Hall–Kier alpha value is -3.60. The average Bonchev–Trinajstić information content (AvgIpc) is 2.95. The van der Waals surface area contributed by atoms with Gasteiger partial charge in [-0.15, -0.1) is 0 Å². The highest BCUT2D eigenvalue weighted by molar-refractivity contribution is 7.89. The van der Waals surface area contributed by atoms with Gasteiger partial charge in [0.25, 0.3) is 0 Å². The summed E-state index contributed by atoms with van der Waals surface area (Å²) in [6, 6.07) is 20.1. The van der Waals surface area contributed by atoms with E-state index in [4.69, 9.17) is 14.7 Å². The Kier molecular flexibility index (Phi) is 7.79. The molecule has 3 aromatic carbocycles. The van der Waals surface area contributed by atoms with Crippen LogP contribution in [-0.4, -0.2) is 72.9 Å². The van der Waals surface area contributed by atoms with Gasteiger partial charge in [0.2, 0.25) is 10.0 Å². The highest BCUT2D eigenvalue weighted by atomic mass is 32.2. The van der Waals surface area contributed by atoms with E-state index in [1.807, 2.05) is 68.4 Å². The summed E-state index contributed by atoms with van der Waals surface area (Å²) in [4.78, 5) is 24.4. The third kappa shape index (κ3) is 5.73. The number of aromatic nitrogens is 2. The molecule has 0 bridgehead atoms. The molecular weight excluding hydrogens is 514 g/mol. The number of nitrogens with zero attached hydrogens (tertiary/aromatic N) is 4. The number of para-hydroxylation sites is 1. The van der Waals surface area contributed by atoms with Crippen LogP contribution >= 0.6 is 0 Å². The Morgan fingerprint density at radius 2 is 1.64 bits per heavy atom. The number of hydrogen-bond donors (Lipinski definition) is 1. The van der Waals surface area contributed by atoms with E-state index in [1.54, 1.807) is 16.4 Å². The largest absolute Gasteiger partial charge is 0.467 e.